The molecule has 1 rings (SSSR count). The maximum Gasteiger partial charge on any atom is 0.0908 e. The van der Waals surface area contributed by atoms with Gasteiger partial charge in [-0.3, -0.25) is 0 Å². The zero-order chi connectivity index (χ0) is 8.81. The summed E-state index contributed by atoms with van der Waals surface area (Å²) in [5, 5.41) is 17.1. The molecule has 0 radical (unpaired) electrons. The molecule has 0 spiro atoms. The highest BCUT2D eigenvalue weighted by molar-refractivity contribution is 5.14. The molecule has 0 N–H and O–H groups in total. The van der Waals surface area contributed by atoms with E-state index in [2.05, 4.69) is 6.07 Å². The monoisotopic (exact) mass is 158 g/mol. The van der Waals surface area contributed by atoms with Gasteiger partial charge in [-0.25, -0.2) is 0 Å². The number of allylic oxidation sites excluding steroid dienone is 4. The summed E-state index contributed by atoms with van der Waals surface area (Å²) in [6, 6.07) is 4.16. The van der Waals surface area contributed by atoms with E-state index in [1.54, 1.807) is 0 Å². The molecular weight excluding hydrogens is 148 g/mol. The fraction of sp³-hybridized carbons (Fsp3) is 0.400. The van der Waals surface area contributed by atoms with Crippen LogP contribution in [0.1, 0.15) is 12.8 Å². The van der Waals surface area contributed by atoms with Gasteiger partial charge in [-0.05, 0) is 18.8 Å². The third-order valence-electron chi connectivity index (χ3n) is 2.04. The van der Waals surface area contributed by atoms with Gasteiger partial charge in [0.25, 0.3) is 0 Å². The lowest BCUT2D eigenvalue weighted by molar-refractivity contribution is 0.504. The fourth-order valence-corrected chi connectivity index (χ4v) is 1.38. The van der Waals surface area contributed by atoms with Crippen molar-refractivity contribution in [3.8, 4) is 12.1 Å². The van der Waals surface area contributed by atoms with E-state index < -0.39 is 0 Å². The molecule has 0 fully saturated rings. The van der Waals surface area contributed by atoms with E-state index in [0.29, 0.717) is 0 Å². The highest BCUT2D eigenvalue weighted by Gasteiger charge is 2.17. The standard InChI is InChI=1S/C10H10N2/c11-7-3-6-9-4-1-2-5-10(9)8-12/h2-3,5-6,9-10H,1,4H2/b6-3-/t9-,10+/m1/s1. The first-order valence-electron chi connectivity index (χ1n) is 4.01. The highest BCUT2D eigenvalue weighted by atomic mass is 14.3. The Labute approximate surface area is 72.4 Å². The second kappa shape index (κ2) is 4.36. The topological polar surface area (TPSA) is 47.6 Å². The summed E-state index contributed by atoms with van der Waals surface area (Å²) in [5.41, 5.74) is 0. The summed E-state index contributed by atoms with van der Waals surface area (Å²) in [7, 11) is 0. The Morgan fingerprint density at radius 2 is 2.25 bits per heavy atom. The van der Waals surface area contributed by atoms with E-state index in [0.717, 1.165) is 12.8 Å². The summed E-state index contributed by atoms with van der Waals surface area (Å²) < 4.78 is 0. The van der Waals surface area contributed by atoms with E-state index in [1.807, 2.05) is 24.3 Å². The van der Waals surface area contributed by atoms with Crippen LogP contribution < -0.4 is 0 Å². The van der Waals surface area contributed by atoms with Crippen LogP contribution >= 0.6 is 0 Å². The number of nitriles is 2. The second-order valence-corrected chi connectivity index (χ2v) is 2.81. The molecule has 2 heteroatoms. The summed E-state index contributed by atoms with van der Waals surface area (Å²) >= 11 is 0. The van der Waals surface area contributed by atoms with Crippen LogP contribution in [0, 0.1) is 34.5 Å². The lowest BCUT2D eigenvalue weighted by Crippen LogP contribution is -2.11. The van der Waals surface area contributed by atoms with Gasteiger partial charge in [-0.2, -0.15) is 10.5 Å². The van der Waals surface area contributed by atoms with Gasteiger partial charge in [0.2, 0.25) is 0 Å². The summed E-state index contributed by atoms with van der Waals surface area (Å²) in [6.07, 6.45) is 9.25. The molecule has 12 heavy (non-hydrogen) atoms. The van der Waals surface area contributed by atoms with Crippen molar-refractivity contribution in [3.05, 3.63) is 24.3 Å². The van der Waals surface area contributed by atoms with Crippen LogP contribution in [0.5, 0.6) is 0 Å². The van der Waals surface area contributed by atoms with Crippen molar-refractivity contribution in [1.82, 2.24) is 0 Å². The minimum Gasteiger partial charge on any atom is -0.198 e. The average molecular weight is 158 g/mol. The van der Waals surface area contributed by atoms with Gasteiger partial charge in [0.05, 0.1) is 18.1 Å². The van der Waals surface area contributed by atoms with Crippen molar-refractivity contribution in [2.45, 2.75) is 12.8 Å². The van der Waals surface area contributed by atoms with Crippen molar-refractivity contribution in [2.75, 3.05) is 0 Å². The molecule has 0 aromatic heterocycles. The van der Waals surface area contributed by atoms with Crippen molar-refractivity contribution in [1.29, 1.82) is 10.5 Å². The first-order chi connectivity index (χ1) is 5.88. The number of hydrogen-bond donors (Lipinski definition) is 0. The molecule has 0 bridgehead atoms. The Morgan fingerprint density at radius 3 is 2.92 bits per heavy atom. The largest absolute Gasteiger partial charge is 0.198 e. The Kier molecular flexibility index (Phi) is 3.11. The van der Waals surface area contributed by atoms with Gasteiger partial charge in [0, 0.05) is 6.08 Å². The van der Waals surface area contributed by atoms with Crippen LogP contribution in [0.15, 0.2) is 24.3 Å². The Balaban J connectivity index is 2.65. The molecule has 2 nitrogen and oxygen atoms in total. The van der Waals surface area contributed by atoms with Crippen LogP contribution in [-0.4, -0.2) is 0 Å². The van der Waals surface area contributed by atoms with Crippen molar-refractivity contribution in [3.63, 3.8) is 0 Å². The fourth-order valence-electron chi connectivity index (χ4n) is 1.38. The third-order valence-corrected chi connectivity index (χ3v) is 2.04. The van der Waals surface area contributed by atoms with E-state index in [4.69, 9.17) is 10.5 Å². The lowest BCUT2D eigenvalue weighted by atomic mass is 9.85. The molecule has 0 aromatic carbocycles. The maximum atomic E-state index is 8.74. The van der Waals surface area contributed by atoms with Gasteiger partial charge in [0.15, 0.2) is 0 Å². The van der Waals surface area contributed by atoms with Crippen molar-refractivity contribution >= 4 is 0 Å². The summed E-state index contributed by atoms with van der Waals surface area (Å²) in [4.78, 5) is 0. The molecule has 0 aromatic rings. The molecule has 1 aliphatic carbocycles. The Bertz CT molecular complexity index is 275. The van der Waals surface area contributed by atoms with Crippen molar-refractivity contribution in [2.24, 2.45) is 11.8 Å². The average Bonchev–Trinajstić information content (AvgIpc) is 2.15. The molecule has 0 aliphatic heterocycles. The van der Waals surface area contributed by atoms with Gasteiger partial charge >= 0.3 is 0 Å². The van der Waals surface area contributed by atoms with Crippen LogP contribution in [0.2, 0.25) is 0 Å². The molecule has 2 atom stereocenters. The van der Waals surface area contributed by atoms with Crippen LogP contribution in [0.3, 0.4) is 0 Å². The normalized spacial score (nSPS) is 28.2. The molecule has 0 amide bonds. The zero-order valence-corrected chi connectivity index (χ0v) is 6.77. The maximum absolute atomic E-state index is 8.74. The van der Waals surface area contributed by atoms with Gasteiger partial charge < -0.3 is 0 Å². The van der Waals surface area contributed by atoms with Crippen molar-refractivity contribution < 1.29 is 0 Å². The Morgan fingerprint density at radius 1 is 1.42 bits per heavy atom. The van der Waals surface area contributed by atoms with Gasteiger partial charge in [-0.15, -0.1) is 0 Å². The zero-order valence-electron chi connectivity index (χ0n) is 6.77. The molecule has 0 unspecified atom stereocenters. The van der Waals surface area contributed by atoms with Gasteiger partial charge in [-0.1, -0.05) is 18.2 Å². The van der Waals surface area contributed by atoms with E-state index in [1.165, 1.54) is 6.08 Å². The quantitative estimate of drug-likeness (QED) is 0.433. The molecule has 0 heterocycles. The highest BCUT2D eigenvalue weighted by Crippen LogP contribution is 2.24. The predicted molar refractivity (Wildman–Crippen MR) is 45.7 cm³/mol. The summed E-state index contributed by atoms with van der Waals surface area (Å²) in [5.74, 6) is 0.197. The van der Waals surface area contributed by atoms with E-state index in [9.17, 15) is 0 Å². The summed E-state index contributed by atoms with van der Waals surface area (Å²) in [6.45, 7) is 0. The molecule has 0 saturated heterocycles. The van der Waals surface area contributed by atoms with Crippen LogP contribution in [-0.2, 0) is 0 Å². The SMILES string of the molecule is N#C/C=C\[C@H]1CCC=C[C@H]1C#N. The lowest BCUT2D eigenvalue weighted by Gasteiger charge is -2.18. The van der Waals surface area contributed by atoms with Crippen LogP contribution in [0.25, 0.3) is 0 Å². The van der Waals surface area contributed by atoms with Crippen LogP contribution in [0.4, 0.5) is 0 Å². The molecular formula is C10H10N2. The smallest absolute Gasteiger partial charge is 0.0908 e. The number of nitrogens with zero attached hydrogens (tertiary/aromatic N) is 2. The molecule has 0 saturated carbocycles. The first kappa shape index (κ1) is 8.56. The first-order valence-corrected chi connectivity index (χ1v) is 4.01. The molecule has 60 valence electrons. The number of rotatable bonds is 1. The van der Waals surface area contributed by atoms with E-state index in [-0.39, 0.29) is 11.8 Å². The van der Waals surface area contributed by atoms with Gasteiger partial charge in [0.1, 0.15) is 0 Å². The third kappa shape index (κ3) is 1.97. The minimum atomic E-state index is -0.0386. The Hall–Kier alpha value is -1.54. The van der Waals surface area contributed by atoms with E-state index >= 15 is 0 Å². The minimum absolute atomic E-state index is 0.0386. The number of hydrogen-bond acceptors (Lipinski definition) is 2. The molecule has 1 aliphatic rings. The predicted octanol–water partition coefficient (Wildman–Crippen LogP) is 2.17. The second-order valence-electron chi connectivity index (χ2n) is 2.81.